The van der Waals surface area contributed by atoms with Gasteiger partial charge < -0.3 is 10.2 Å². The number of amides is 2. The van der Waals surface area contributed by atoms with Crippen molar-refractivity contribution in [2.24, 2.45) is 0 Å². The van der Waals surface area contributed by atoms with Gasteiger partial charge in [0.2, 0.25) is 11.8 Å². The largest absolute Gasteiger partial charge is 0.324 e. The average molecular weight is 344 g/mol. The minimum Gasteiger partial charge on any atom is -0.324 e. The highest BCUT2D eigenvalue weighted by atomic mass is 32.2. The minimum atomic E-state index is -0.418. The van der Waals surface area contributed by atoms with Crippen LogP contribution in [-0.2, 0) is 9.59 Å². The van der Waals surface area contributed by atoms with Gasteiger partial charge in [0.1, 0.15) is 17.7 Å². The number of halogens is 1. The zero-order valence-corrected chi connectivity index (χ0v) is 14.0. The first kappa shape index (κ1) is 16.5. The van der Waals surface area contributed by atoms with Crippen molar-refractivity contribution in [3.8, 4) is 0 Å². The summed E-state index contributed by atoms with van der Waals surface area (Å²) in [5.74, 6) is -0.473. The quantitative estimate of drug-likeness (QED) is 0.925. The van der Waals surface area contributed by atoms with E-state index in [-0.39, 0.29) is 23.7 Å². The number of carbonyl (C=O) groups is 2. The summed E-state index contributed by atoms with van der Waals surface area (Å²) in [7, 11) is 0. The summed E-state index contributed by atoms with van der Waals surface area (Å²) in [6.07, 6.45) is 0. The van der Waals surface area contributed by atoms with Crippen LogP contribution >= 0.6 is 11.8 Å². The Hall–Kier alpha value is -2.34. The van der Waals surface area contributed by atoms with Crippen molar-refractivity contribution in [3.05, 3.63) is 65.5 Å². The number of nitrogens with zero attached hydrogens (tertiary/aromatic N) is 1. The number of carbonyl (C=O) groups excluding carboxylic acids is 2. The number of thioether (sulfide) groups is 1. The lowest BCUT2D eigenvalue weighted by atomic mass is 10.1. The molecule has 0 aliphatic carbocycles. The van der Waals surface area contributed by atoms with Crippen molar-refractivity contribution in [1.29, 1.82) is 0 Å². The molecule has 4 nitrogen and oxygen atoms in total. The highest BCUT2D eigenvalue weighted by Crippen LogP contribution is 2.38. The number of anilines is 1. The molecule has 1 aliphatic heterocycles. The van der Waals surface area contributed by atoms with E-state index in [0.29, 0.717) is 11.4 Å². The Labute approximate surface area is 144 Å². The van der Waals surface area contributed by atoms with Gasteiger partial charge in [-0.05, 0) is 30.7 Å². The maximum absolute atomic E-state index is 13.2. The SMILES string of the molecule is Cc1cccc(C2SCC(=O)N2CC(=O)Nc2cccc(F)c2)c1. The van der Waals surface area contributed by atoms with Gasteiger partial charge in [-0.3, -0.25) is 9.59 Å². The molecule has 0 saturated carbocycles. The molecule has 1 aliphatic rings. The molecule has 1 fully saturated rings. The Balaban J connectivity index is 1.72. The van der Waals surface area contributed by atoms with Crippen LogP contribution in [0.2, 0.25) is 0 Å². The Kier molecular flexibility index (Phi) is 4.85. The minimum absolute atomic E-state index is 0.0546. The third kappa shape index (κ3) is 3.76. The molecular weight excluding hydrogens is 327 g/mol. The lowest BCUT2D eigenvalue weighted by molar-refractivity contribution is -0.132. The van der Waals surface area contributed by atoms with E-state index in [2.05, 4.69) is 5.32 Å². The molecule has 6 heteroatoms. The fourth-order valence-corrected chi connectivity index (χ4v) is 3.82. The fourth-order valence-electron chi connectivity index (χ4n) is 2.65. The normalized spacial score (nSPS) is 17.2. The summed E-state index contributed by atoms with van der Waals surface area (Å²) in [5.41, 5.74) is 2.49. The predicted octanol–water partition coefficient (Wildman–Crippen LogP) is 3.35. The molecule has 3 rings (SSSR count). The smallest absolute Gasteiger partial charge is 0.244 e. The second-order valence-corrected chi connectivity index (χ2v) is 6.73. The van der Waals surface area contributed by atoms with Crippen molar-refractivity contribution < 1.29 is 14.0 Å². The molecule has 124 valence electrons. The standard InChI is InChI=1S/C18H17FN2O2S/c1-12-4-2-5-13(8-12)18-21(17(23)11-24-18)10-16(22)20-15-7-3-6-14(19)9-15/h2-9,18H,10-11H2,1H3,(H,20,22). The first-order chi connectivity index (χ1) is 11.5. The number of hydrogen-bond donors (Lipinski definition) is 1. The van der Waals surface area contributed by atoms with Crippen LogP contribution in [0.5, 0.6) is 0 Å². The Bertz CT molecular complexity index is 781. The molecule has 2 aromatic rings. The van der Waals surface area contributed by atoms with Crippen molar-refractivity contribution in [2.75, 3.05) is 17.6 Å². The number of benzene rings is 2. The van der Waals surface area contributed by atoms with Crippen LogP contribution in [0.25, 0.3) is 0 Å². The van der Waals surface area contributed by atoms with Gasteiger partial charge in [0, 0.05) is 5.69 Å². The van der Waals surface area contributed by atoms with Gasteiger partial charge in [-0.25, -0.2) is 4.39 Å². The highest BCUT2D eigenvalue weighted by Gasteiger charge is 2.34. The van der Waals surface area contributed by atoms with Gasteiger partial charge in [-0.1, -0.05) is 35.9 Å². The molecule has 1 unspecified atom stereocenters. The number of nitrogens with one attached hydrogen (secondary N) is 1. The van der Waals surface area contributed by atoms with Crippen molar-refractivity contribution >= 4 is 29.3 Å². The van der Waals surface area contributed by atoms with Crippen molar-refractivity contribution in [3.63, 3.8) is 0 Å². The van der Waals surface area contributed by atoms with E-state index in [4.69, 9.17) is 0 Å². The molecule has 1 heterocycles. The Morgan fingerprint density at radius 1 is 1.29 bits per heavy atom. The van der Waals surface area contributed by atoms with E-state index in [1.54, 1.807) is 11.0 Å². The predicted molar refractivity (Wildman–Crippen MR) is 93.1 cm³/mol. The van der Waals surface area contributed by atoms with E-state index in [1.807, 2.05) is 31.2 Å². The van der Waals surface area contributed by atoms with Gasteiger partial charge in [0.05, 0.1) is 5.75 Å². The van der Waals surface area contributed by atoms with Crippen LogP contribution in [-0.4, -0.2) is 29.0 Å². The first-order valence-electron chi connectivity index (χ1n) is 7.56. The molecule has 0 spiro atoms. The molecule has 24 heavy (non-hydrogen) atoms. The van der Waals surface area contributed by atoms with Crippen molar-refractivity contribution in [1.82, 2.24) is 4.90 Å². The molecule has 0 bridgehead atoms. The van der Waals surface area contributed by atoms with Crippen LogP contribution in [0.3, 0.4) is 0 Å². The second-order valence-electron chi connectivity index (χ2n) is 5.66. The van der Waals surface area contributed by atoms with Crippen LogP contribution in [0.15, 0.2) is 48.5 Å². The summed E-state index contributed by atoms with van der Waals surface area (Å²) < 4.78 is 13.2. The zero-order chi connectivity index (χ0) is 17.1. The number of hydrogen-bond acceptors (Lipinski definition) is 3. The topological polar surface area (TPSA) is 49.4 Å². The number of aryl methyl sites for hydroxylation is 1. The average Bonchev–Trinajstić information content (AvgIpc) is 2.88. The summed E-state index contributed by atoms with van der Waals surface area (Å²) in [6.45, 7) is 1.94. The first-order valence-corrected chi connectivity index (χ1v) is 8.61. The maximum atomic E-state index is 13.2. The van der Waals surface area contributed by atoms with Crippen molar-refractivity contribution in [2.45, 2.75) is 12.3 Å². The van der Waals surface area contributed by atoms with E-state index < -0.39 is 5.82 Å². The molecule has 0 aromatic heterocycles. The van der Waals surface area contributed by atoms with Gasteiger partial charge in [0.25, 0.3) is 0 Å². The molecule has 1 atom stereocenters. The zero-order valence-electron chi connectivity index (χ0n) is 13.2. The molecule has 2 amide bonds. The molecule has 2 aromatic carbocycles. The van der Waals surface area contributed by atoms with E-state index >= 15 is 0 Å². The second kappa shape index (κ2) is 7.05. The van der Waals surface area contributed by atoms with Crippen LogP contribution in [0.1, 0.15) is 16.5 Å². The third-order valence-corrected chi connectivity index (χ3v) is 4.97. The van der Waals surface area contributed by atoms with Gasteiger partial charge in [-0.15, -0.1) is 11.8 Å². The van der Waals surface area contributed by atoms with E-state index in [0.717, 1.165) is 11.1 Å². The maximum Gasteiger partial charge on any atom is 0.244 e. The highest BCUT2D eigenvalue weighted by molar-refractivity contribution is 8.00. The Morgan fingerprint density at radius 3 is 2.83 bits per heavy atom. The van der Waals surface area contributed by atoms with Crippen LogP contribution < -0.4 is 5.32 Å². The lowest BCUT2D eigenvalue weighted by Crippen LogP contribution is -2.36. The van der Waals surface area contributed by atoms with E-state index in [9.17, 15) is 14.0 Å². The number of rotatable bonds is 4. The third-order valence-electron chi connectivity index (χ3n) is 3.72. The summed E-state index contributed by atoms with van der Waals surface area (Å²) >= 11 is 1.51. The van der Waals surface area contributed by atoms with Gasteiger partial charge in [0.15, 0.2) is 0 Å². The Morgan fingerprint density at radius 2 is 2.08 bits per heavy atom. The van der Waals surface area contributed by atoms with Gasteiger partial charge in [-0.2, -0.15) is 0 Å². The molecule has 0 radical (unpaired) electrons. The van der Waals surface area contributed by atoms with E-state index in [1.165, 1.54) is 30.0 Å². The molecule has 1 saturated heterocycles. The summed E-state index contributed by atoms with van der Waals surface area (Å²) in [6, 6.07) is 13.6. The fraction of sp³-hybridized carbons (Fsp3) is 0.222. The monoisotopic (exact) mass is 344 g/mol. The summed E-state index contributed by atoms with van der Waals surface area (Å²) in [5, 5.41) is 2.46. The van der Waals surface area contributed by atoms with Gasteiger partial charge >= 0.3 is 0 Å². The lowest BCUT2D eigenvalue weighted by Gasteiger charge is -2.24. The van der Waals surface area contributed by atoms with Crippen LogP contribution in [0, 0.1) is 12.7 Å². The molecular formula is C18H17FN2O2S. The summed E-state index contributed by atoms with van der Waals surface area (Å²) in [4.78, 5) is 25.9. The molecule has 1 N–H and O–H groups in total. The van der Waals surface area contributed by atoms with Crippen LogP contribution in [0.4, 0.5) is 10.1 Å².